The number of imidazole rings is 1. The molecule has 0 spiro atoms. The molecular formula is C45H48N6O9. The van der Waals surface area contributed by atoms with Crippen LogP contribution in [0.15, 0.2) is 122 Å². The van der Waals surface area contributed by atoms with Crippen LogP contribution in [-0.4, -0.2) is 87.5 Å². The number of hydrogen-bond donors (Lipinski definition) is 3. The van der Waals surface area contributed by atoms with Crippen LogP contribution >= 0.6 is 0 Å². The number of carbonyl (C=O) groups excluding carboxylic acids is 2. The number of anilines is 1. The first-order valence-electron chi connectivity index (χ1n) is 19.4. The molecule has 0 radical (unpaired) electrons. The number of nitrogens with one attached hydrogen (secondary N) is 1. The van der Waals surface area contributed by atoms with E-state index >= 15 is 0 Å². The highest BCUT2D eigenvalue weighted by Gasteiger charge is 2.50. The summed E-state index contributed by atoms with van der Waals surface area (Å²) in [6.45, 7) is 4.96. The van der Waals surface area contributed by atoms with Crippen LogP contribution in [0.3, 0.4) is 0 Å². The number of carbonyl (C=O) groups is 2. The van der Waals surface area contributed by atoms with Gasteiger partial charge in [-0.3, -0.25) is 4.57 Å². The second kappa shape index (κ2) is 17.7. The van der Waals surface area contributed by atoms with Crippen LogP contribution in [-0.2, 0) is 35.8 Å². The lowest BCUT2D eigenvalue weighted by atomic mass is 9.80. The fraction of sp³-hybridized carbons (Fsp3) is 0.311. The van der Waals surface area contributed by atoms with Crippen molar-refractivity contribution >= 4 is 29.0 Å². The number of nitrogen functional groups attached to an aromatic ring is 1. The van der Waals surface area contributed by atoms with Crippen molar-refractivity contribution in [3.05, 3.63) is 144 Å². The number of benzene rings is 4. The number of aliphatic hydroxyl groups is 1. The number of amides is 1. The SMILES string of the molecule is COc1ccc(C(OCC2OC(n3cnc4c(N)ncnc43)C(OC(=O)[C@@H](Cc3ccccc3)NC(=O)OC(C)(C)C)C2O)(c2ccccc2)c2ccc(OC)cc2)cc1. The summed E-state index contributed by atoms with van der Waals surface area (Å²) in [5.41, 5.74) is 7.69. The zero-order chi connectivity index (χ0) is 42.4. The number of nitrogens with two attached hydrogens (primary N) is 1. The third-order valence-corrected chi connectivity index (χ3v) is 10.1. The number of alkyl carbamates (subject to hydrolysis) is 1. The summed E-state index contributed by atoms with van der Waals surface area (Å²) >= 11 is 0. The molecule has 4 aromatic carbocycles. The Morgan fingerprint density at radius 2 is 1.42 bits per heavy atom. The Balaban J connectivity index is 1.26. The van der Waals surface area contributed by atoms with Gasteiger partial charge in [0.25, 0.3) is 0 Å². The maximum Gasteiger partial charge on any atom is 0.408 e. The van der Waals surface area contributed by atoms with Crippen LogP contribution in [0, 0.1) is 0 Å². The summed E-state index contributed by atoms with van der Waals surface area (Å²) in [6.07, 6.45) is -3.11. The van der Waals surface area contributed by atoms with E-state index in [1.165, 1.54) is 17.2 Å². The highest BCUT2D eigenvalue weighted by molar-refractivity contribution is 5.82. The first kappa shape index (κ1) is 41.6. The van der Waals surface area contributed by atoms with E-state index in [4.69, 9.17) is 34.2 Å². The molecule has 4 unspecified atom stereocenters. The number of hydrogen-bond acceptors (Lipinski definition) is 13. The molecule has 2 aromatic heterocycles. The Morgan fingerprint density at radius 1 is 0.833 bits per heavy atom. The van der Waals surface area contributed by atoms with Gasteiger partial charge in [0, 0.05) is 6.42 Å². The van der Waals surface area contributed by atoms with Gasteiger partial charge < -0.3 is 44.6 Å². The normalized spacial score (nSPS) is 18.4. The van der Waals surface area contributed by atoms with Gasteiger partial charge in [0.1, 0.15) is 52.8 Å². The van der Waals surface area contributed by atoms with E-state index in [1.807, 2.05) is 109 Å². The number of methoxy groups -OCH3 is 2. The van der Waals surface area contributed by atoms with Crippen LogP contribution in [0.1, 0.15) is 49.3 Å². The summed E-state index contributed by atoms with van der Waals surface area (Å²) in [5.74, 6) is 0.599. The molecule has 1 aliphatic heterocycles. The van der Waals surface area contributed by atoms with Crippen LogP contribution in [0.5, 0.6) is 11.5 Å². The van der Waals surface area contributed by atoms with Crippen molar-refractivity contribution in [2.24, 2.45) is 0 Å². The fourth-order valence-electron chi connectivity index (χ4n) is 7.25. The molecule has 1 fully saturated rings. The summed E-state index contributed by atoms with van der Waals surface area (Å²) in [6, 6.07) is 32.7. The van der Waals surface area contributed by atoms with Crippen LogP contribution in [0.4, 0.5) is 10.6 Å². The molecule has 0 aliphatic carbocycles. The van der Waals surface area contributed by atoms with E-state index in [1.54, 1.807) is 35.0 Å². The highest BCUT2D eigenvalue weighted by atomic mass is 16.6. The molecule has 7 rings (SSSR count). The molecule has 15 heteroatoms. The molecule has 15 nitrogen and oxygen atoms in total. The van der Waals surface area contributed by atoms with Crippen molar-refractivity contribution in [2.45, 2.75) is 69.0 Å². The molecule has 0 bridgehead atoms. The number of aromatic nitrogens is 4. The van der Waals surface area contributed by atoms with E-state index < -0.39 is 53.8 Å². The van der Waals surface area contributed by atoms with Crippen LogP contribution in [0.2, 0.25) is 0 Å². The van der Waals surface area contributed by atoms with Gasteiger partial charge in [0.2, 0.25) is 0 Å². The molecule has 60 heavy (non-hydrogen) atoms. The Kier molecular flexibility index (Phi) is 12.3. The van der Waals surface area contributed by atoms with Gasteiger partial charge in [0.05, 0.1) is 27.2 Å². The molecule has 4 N–H and O–H groups in total. The summed E-state index contributed by atoms with van der Waals surface area (Å²) < 4.78 is 37.9. The average Bonchev–Trinajstić information content (AvgIpc) is 3.82. The third kappa shape index (κ3) is 8.88. The lowest BCUT2D eigenvalue weighted by Crippen LogP contribution is -2.48. The zero-order valence-electron chi connectivity index (χ0n) is 33.9. The van der Waals surface area contributed by atoms with Gasteiger partial charge in [-0.25, -0.2) is 24.5 Å². The topological polar surface area (TPSA) is 191 Å². The van der Waals surface area contributed by atoms with Crippen molar-refractivity contribution in [3.8, 4) is 11.5 Å². The predicted octanol–water partition coefficient (Wildman–Crippen LogP) is 5.74. The van der Waals surface area contributed by atoms with Crippen LogP contribution < -0.4 is 20.5 Å². The van der Waals surface area contributed by atoms with Crippen molar-refractivity contribution < 1.29 is 43.1 Å². The number of rotatable bonds is 14. The molecular weight excluding hydrogens is 769 g/mol. The Bertz CT molecular complexity index is 2320. The number of aliphatic hydroxyl groups excluding tert-OH is 1. The standard InChI is InChI=1S/C45H48N6O9/c1-44(2,3)60-43(54)50-34(24-28-12-8-6-9-13-28)42(53)59-38-37(52)35(58-41(38)51-27-49-36-39(46)47-26-48-40(36)51)25-57-45(29-14-10-7-11-15-29,30-16-20-32(55-4)21-17-30)31-18-22-33(56-5)23-19-31/h6-23,26-27,34-35,37-38,41,52H,24-25H2,1-5H3,(H,50,54)(H2,46,47,48)/t34-,35?,37?,38?,41?/m1/s1. The summed E-state index contributed by atoms with van der Waals surface area (Å²) in [4.78, 5) is 40.2. The van der Waals surface area contributed by atoms with E-state index in [0.29, 0.717) is 11.5 Å². The minimum atomic E-state index is -1.46. The van der Waals surface area contributed by atoms with Crippen molar-refractivity contribution in [1.82, 2.24) is 24.8 Å². The number of ether oxygens (including phenoxy) is 6. The van der Waals surface area contributed by atoms with Gasteiger partial charge >= 0.3 is 12.1 Å². The molecule has 1 amide bonds. The van der Waals surface area contributed by atoms with Gasteiger partial charge in [-0.15, -0.1) is 0 Å². The molecule has 6 aromatic rings. The second-order valence-corrected chi connectivity index (χ2v) is 15.2. The largest absolute Gasteiger partial charge is 0.497 e. The lowest BCUT2D eigenvalue weighted by Gasteiger charge is -2.37. The quantitative estimate of drug-likeness (QED) is 0.0892. The lowest BCUT2D eigenvalue weighted by molar-refractivity contribution is -0.161. The van der Waals surface area contributed by atoms with Crippen molar-refractivity contribution in [3.63, 3.8) is 0 Å². The fourth-order valence-corrected chi connectivity index (χ4v) is 7.25. The molecule has 5 atom stereocenters. The third-order valence-electron chi connectivity index (χ3n) is 10.1. The first-order chi connectivity index (χ1) is 28.9. The Labute approximate surface area is 347 Å². The highest BCUT2D eigenvalue weighted by Crippen LogP contribution is 2.43. The number of esters is 1. The van der Waals surface area contributed by atoms with Crippen molar-refractivity contribution in [1.29, 1.82) is 0 Å². The second-order valence-electron chi connectivity index (χ2n) is 15.2. The summed E-state index contributed by atoms with van der Waals surface area (Å²) in [7, 11) is 3.19. The summed E-state index contributed by atoms with van der Waals surface area (Å²) in [5, 5.41) is 14.9. The molecule has 0 saturated carbocycles. The zero-order valence-corrected chi connectivity index (χ0v) is 33.9. The molecule has 312 valence electrons. The Morgan fingerprint density at radius 3 is 2.00 bits per heavy atom. The number of nitrogens with zero attached hydrogens (tertiary/aromatic N) is 4. The van der Waals surface area contributed by atoms with Gasteiger partial charge in [-0.1, -0.05) is 84.9 Å². The van der Waals surface area contributed by atoms with E-state index in [0.717, 1.165) is 22.3 Å². The minimum absolute atomic E-state index is 0.0703. The van der Waals surface area contributed by atoms with E-state index in [9.17, 15) is 14.7 Å². The van der Waals surface area contributed by atoms with Gasteiger partial charge in [-0.05, 0) is 67.3 Å². The molecule has 1 saturated heterocycles. The van der Waals surface area contributed by atoms with E-state index in [-0.39, 0.29) is 30.0 Å². The number of fused-ring (bicyclic) bond motifs is 1. The smallest absolute Gasteiger partial charge is 0.408 e. The van der Waals surface area contributed by atoms with Gasteiger partial charge in [-0.2, -0.15) is 0 Å². The van der Waals surface area contributed by atoms with E-state index in [2.05, 4.69) is 20.3 Å². The first-order valence-corrected chi connectivity index (χ1v) is 19.4. The van der Waals surface area contributed by atoms with Crippen LogP contribution in [0.25, 0.3) is 11.2 Å². The Hall–Kier alpha value is -6.55. The minimum Gasteiger partial charge on any atom is -0.497 e. The predicted molar refractivity (Wildman–Crippen MR) is 221 cm³/mol. The monoisotopic (exact) mass is 816 g/mol. The molecule has 3 heterocycles. The van der Waals surface area contributed by atoms with Crippen molar-refractivity contribution in [2.75, 3.05) is 26.6 Å². The average molecular weight is 817 g/mol. The molecule has 1 aliphatic rings. The maximum absolute atomic E-state index is 14.3. The maximum atomic E-state index is 14.3. The van der Waals surface area contributed by atoms with Gasteiger partial charge in [0.15, 0.2) is 23.8 Å².